The molecule has 1 aromatic carbocycles. The van der Waals surface area contributed by atoms with Crippen molar-refractivity contribution in [1.82, 2.24) is 24.6 Å². The molecule has 0 saturated carbocycles. The number of nitrogens with two attached hydrogens (primary N) is 1. The summed E-state index contributed by atoms with van der Waals surface area (Å²) in [5.41, 5.74) is 6.74. The number of rotatable bonds is 5. The normalized spacial score (nSPS) is 17.1. The van der Waals surface area contributed by atoms with Gasteiger partial charge in [-0.15, -0.1) is 10.2 Å². The molecule has 3 aromatic heterocycles. The van der Waals surface area contributed by atoms with Gasteiger partial charge in [-0.3, -0.25) is 4.40 Å². The Hall–Kier alpha value is -3.51. The summed E-state index contributed by atoms with van der Waals surface area (Å²) in [4.78, 5) is 8.81. The first-order valence-corrected chi connectivity index (χ1v) is 11.1. The molecule has 4 heterocycles. The molecule has 1 aliphatic heterocycles. The van der Waals surface area contributed by atoms with Crippen molar-refractivity contribution < 1.29 is 22.6 Å². The predicted octanol–water partition coefficient (Wildman–Crippen LogP) is 4.10. The van der Waals surface area contributed by atoms with E-state index >= 15 is 0 Å². The van der Waals surface area contributed by atoms with Gasteiger partial charge in [-0.2, -0.15) is 13.2 Å². The van der Waals surface area contributed by atoms with Crippen LogP contribution in [0, 0.1) is 0 Å². The number of anilines is 2. The molecule has 3 N–H and O–H groups in total. The van der Waals surface area contributed by atoms with Crippen molar-refractivity contribution in [3.05, 3.63) is 53.6 Å². The first kappa shape index (κ1) is 23.2. The van der Waals surface area contributed by atoms with E-state index in [0.717, 1.165) is 17.7 Å². The molecule has 35 heavy (non-hydrogen) atoms. The maximum absolute atomic E-state index is 13.3. The number of methoxy groups -OCH3 is 1. The fourth-order valence-corrected chi connectivity index (χ4v) is 4.61. The molecule has 0 amide bonds. The van der Waals surface area contributed by atoms with Crippen molar-refractivity contribution in [3.63, 3.8) is 0 Å². The van der Waals surface area contributed by atoms with Gasteiger partial charge in [0.2, 0.25) is 0 Å². The fraction of sp³-hybridized carbons (Fsp3) is 0.391. The molecule has 1 fully saturated rings. The van der Waals surface area contributed by atoms with Gasteiger partial charge in [-0.25, -0.2) is 9.97 Å². The second-order valence-electron chi connectivity index (χ2n) is 8.61. The molecule has 1 atom stereocenters. The van der Waals surface area contributed by atoms with Gasteiger partial charge < -0.3 is 20.5 Å². The monoisotopic (exact) mass is 487 g/mol. The van der Waals surface area contributed by atoms with E-state index in [-0.39, 0.29) is 5.69 Å². The van der Waals surface area contributed by atoms with Crippen LogP contribution in [0.25, 0.3) is 16.7 Å². The van der Waals surface area contributed by atoms with Gasteiger partial charge >= 0.3 is 6.18 Å². The Morgan fingerprint density at radius 2 is 1.91 bits per heavy atom. The number of pyridine rings is 1. The fourth-order valence-electron chi connectivity index (χ4n) is 4.61. The molecule has 1 aliphatic rings. The van der Waals surface area contributed by atoms with Crippen LogP contribution in [0.1, 0.15) is 42.5 Å². The molecule has 0 unspecified atom stereocenters. The zero-order chi connectivity index (χ0) is 24.8. The Morgan fingerprint density at radius 1 is 1.14 bits per heavy atom. The van der Waals surface area contributed by atoms with Gasteiger partial charge in [0.1, 0.15) is 24.1 Å². The van der Waals surface area contributed by atoms with Crippen LogP contribution in [-0.4, -0.2) is 44.9 Å². The number of aromatic nitrogens is 5. The molecular weight excluding hydrogens is 463 g/mol. The quantitative estimate of drug-likeness (QED) is 0.405. The molecule has 9 nitrogen and oxygen atoms in total. The maximum Gasteiger partial charge on any atom is 0.416 e. The van der Waals surface area contributed by atoms with Crippen LogP contribution < -0.4 is 11.1 Å². The smallest absolute Gasteiger partial charge is 0.399 e. The summed E-state index contributed by atoms with van der Waals surface area (Å²) in [5, 5.41) is 12.3. The number of nitrogens with one attached hydrogen (secondary N) is 1. The van der Waals surface area contributed by atoms with E-state index in [0.29, 0.717) is 54.1 Å². The standard InChI is InChI=1S/C23H24F3N7O2/c1-13(14-7-15(23(24,25)26)9-16(27)8-14)31-19-17-10-18(22(34-2)3-5-35-6-4-22)21-32-30-12-33(21)20(17)29-11-28-19/h7-13H,3-6,27H2,1-2H3,(H,28,29,31)/t13-/m1/s1. The maximum atomic E-state index is 13.3. The average Bonchev–Trinajstić information content (AvgIpc) is 3.33. The molecule has 184 valence electrons. The van der Waals surface area contributed by atoms with Crippen LogP contribution in [0.2, 0.25) is 0 Å². The topological polar surface area (TPSA) is 112 Å². The third-order valence-electron chi connectivity index (χ3n) is 6.51. The van der Waals surface area contributed by atoms with Gasteiger partial charge in [0, 0.05) is 44.4 Å². The van der Waals surface area contributed by atoms with Gasteiger partial charge in [0.15, 0.2) is 11.3 Å². The molecule has 0 aliphatic carbocycles. The first-order valence-electron chi connectivity index (χ1n) is 11.1. The Labute approximate surface area is 198 Å². The molecule has 12 heteroatoms. The number of hydrogen-bond acceptors (Lipinski definition) is 8. The van der Waals surface area contributed by atoms with Gasteiger partial charge in [-0.05, 0) is 36.8 Å². The summed E-state index contributed by atoms with van der Waals surface area (Å²) in [6.45, 7) is 2.82. The summed E-state index contributed by atoms with van der Waals surface area (Å²) in [6, 6.07) is 4.91. The molecule has 0 spiro atoms. The van der Waals surface area contributed by atoms with Crippen molar-refractivity contribution in [3.8, 4) is 0 Å². The van der Waals surface area contributed by atoms with Crippen molar-refractivity contribution in [2.75, 3.05) is 31.4 Å². The number of halogens is 3. The number of benzene rings is 1. The highest BCUT2D eigenvalue weighted by molar-refractivity contribution is 5.90. The number of fused-ring (bicyclic) bond motifs is 3. The Morgan fingerprint density at radius 3 is 2.63 bits per heavy atom. The molecule has 5 rings (SSSR count). The number of hydrogen-bond donors (Lipinski definition) is 2. The zero-order valence-electron chi connectivity index (χ0n) is 19.1. The van der Waals surface area contributed by atoms with Crippen LogP contribution in [0.4, 0.5) is 24.7 Å². The van der Waals surface area contributed by atoms with Gasteiger partial charge in [-0.1, -0.05) is 0 Å². The zero-order valence-corrected chi connectivity index (χ0v) is 19.1. The van der Waals surface area contributed by atoms with Crippen molar-refractivity contribution >= 4 is 28.2 Å². The van der Waals surface area contributed by atoms with Crippen LogP contribution in [-0.2, 0) is 21.3 Å². The second kappa shape index (κ2) is 8.61. The highest BCUT2D eigenvalue weighted by Crippen LogP contribution is 2.40. The lowest BCUT2D eigenvalue weighted by molar-refractivity contribution is -0.137. The van der Waals surface area contributed by atoms with Crippen molar-refractivity contribution in [1.29, 1.82) is 0 Å². The molecule has 0 bridgehead atoms. The lowest BCUT2D eigenvalue weighted by Gasteiger charge is -2.36. The van der Waals surface area contributed by atoms with E-state index in [1.54, 1.807) is 24.8 Å². The number of ether oxygens (including phenoxy) is 2. The molecule has 0 radical (unpaired) electrons. The average molecular weight is 487 g/mol. The Kier molecular flexibility index (Phi) is 5.72. The van der Waals surface area contributed by atoms with E-state index in [2.05, 4.69) is 25.5 Å². The van der Waals surface area contributed by atoms with E-state index in [9.17, 15) is 13.2 Å². The highest BCUT2D eigenvalue weighted by atomic mass is 19.4. The Balaban J connectivity index is 1.61. The van der Waals surface area contributed by atoms with E-state index in [1.807, 2.05) is 6.07 Å². The van der Waals surface area contributed by atoms with E-state index in [4.69, 9.17) is 15.2 Å². The minimum Gasteiger partial charge on any atom is -0.399 e. The number of nitrogens with zero attached hydrogens (tertiary/aromatic N) is 5. The summed E-state index contributed by atoms with van der Waals surface area (Å²) < 4.78 is 53.3. The van der Waals surface area contributed by atoms with Crippen molar-refractivity contribution in [2.45, 2.75) is 37.6 Å². The lowest BCUT2D eigenvalue weighted by Crippen LogP contribution is -2.36. The number of nitrogen functional groups attached to an aromatic ring is 1. The summed E-state index contributed by atoms with van der Waals surface area (Å²) in [6.07, 6.45) is -0.282. The third kappa shape index (κ3) is 4.12. The largest absolute Gasteiger partial charge is 0.416 e. The van der Waals surface area contributed by atoms with E-state index < -0.39 is 23.4 Å². The molecule has 4 aromatic rings. The molecule has 1 saturated heterocycles. The Bertz CT molecular complexity index is 1380. The summed E-state index contributed by atoms with van der Waals surface area (Å²) >= 11 is 0. The van der Waals surface area contributed by atoms with Crippen LogP contribution in [0.3, 0.4) is 0 Å². The third-order valence-corrected chi connectivity index (χ3v) is 6.51. The minimum absolute atomic E-state index is 0.0334. The van der Waals surface area contributed by atoms with Crippen molar-refractivity contribution in [2.24, 2.45) is 0 Å². The first-order chi connectivity index (χ1) is 16.7. The second-order valence-corrected chi connectivity index (χ2v) is 8.61. The lowest BCUT2D eigenvalue weighted by atomic mass is 9.86. The highest BCUT2D eigenvalue weighted by Gasteiger charge is 2.38. The SMILES string of the molecule is COC1(c2cc3c(N[C@H](C)c4cc(N)cc(C(F)(F)F)c4)ncnc3n3cnnc23)CCOCC1. The van der Waals surface area contributed by atoms with Crippen LogP contribution >= 0.6 is 0 Å². The molecular formula is C23H24F3N7O2. The number of alkyl halides is 3. The van der Waals surface area contributed by atoms with Gasteiger partial charge in [0.25, 0.3) is 0 Å². The van der Waals surface area contributed by atoms with Gasteiger partial charge in [0.05, 0.1) is 17.0 Å². The summed E-state index contributed by atoms with van der Waals surface area (Å²) in [5.74, 6) is 0.452. The van der Waals surface area contributed by atoms with E-state index in [1.165, 1.54) is 12.4 Å². The summed E-state index contributed by atoms with van der Waals surface area (Å²) in [7, 11) is 1.66. The van der Waals surface area contributed by atoms with Crippen LogP contribution in [0.5, 0.6) is 0 Å². The van der Waals surface area contributed by atoms with Crippen LogP contribution in [0.15, 0.2) is 36.9 Å². The minimum atomic E-state index is -4.50. The predicted molar refractivity (Wildman–Crippen MR) is 123 cm³/mol.